The summed E-state index contributed by atoms with van der Waals surface area (Å²) in [7, 11) is 0. The molecular formula is C14H13BrClNO2S. The summed E-state index contributed by atoms with van der Waals surface area (Å²) in [6.45, 7) is 1.70. The molecule has 0 aliphatic heterocycles. The molecule has 6 heteroatoms. The van der Waals surface area contributed by atoms with Crippen molar-refractivity contribution in [1.29, 1.82) is 0 Å². The van der Waals surface area contributed by atoms with Gasteiger partial charge in [0.15, 0.2) is 0 Å². The van der Waals surface area contributed by atoms with E-state index in [1.54, 1.807) is 25.1 Å². The maximum atomic E-state index is 11.5. The van der Waals surface area contributed by atoms with Crippen LogP contribution in [0.15, 0.2) is 39.5 Å². The van der Waals surface area contributed by atoms with E-state index in [-0.39, 0.29) is 11.8 Å². The Bertz CT molecular complexity index is 614. The standard InChI is InChI=1S/C14H13BrClNO2S/c1-14(19,9-4-5-20-8-9)11-6-10(15)2-3-12(11)17-13(18)7-16/h2-6,8,19H,7H2,1H3,(H,17,18). The molecule has 106 valence electrons. The van der Waals surface area contributed by atoms with Crippen LogP contribution in [0.4, 0.5) is 5.69 Å². The molecule has 3 nitrogen and oxygen atoms in total. The summed E-state index contributed by atoms with van der Waals surface area (Å²) in [6, 6.07) is 7.20. The molecule has 0 fully saturated rings. The number of benzene rings is 1. The molecule has 1 aromatic carbocycles. The zero-order valence-corrected chi connectivity index (χ0v) is 13.8. The summed E-state index contributed by atoms with van der Waals surface area (Å²) in [5, 5.41) is 17.3. The smallest absolute Gasteiger partial charge is 0.239 e. The SMILES string of the molecule is CC(O)(c1ccsc1)c1cc(Br)ccc1NC(=O)CCl. The Kier molecular flexibility index (Phi) is 4.86. The fraction of sp³-hybridized carbons (Fsp3) is 0.214. The predicted octanol–water partition coefficient (Wildman–Crippen LogP) is 3.94. The monoisotopic (exact) mass is 373 g/mol. The van der Waals surface area contributed by atoms with Crippen molar-refractivity contribution < 1.29 is 9.90 Å². The summed E-state index contributed by atoms with van der Waals surface area (Å²) < 4.78 is 0.826. The topological polar surface area (TPSA) is 49.3 Å². The summed E-state index contributed by atoms with van der Waals surface area (Å²) in [5.41, 5.74) is 0.749. The Balaban J connectivity index is 2.49. The van der Waals surface area contributed by atoms with Gasteiger partial charge in [0, 0.05) is 15.7 Å². The Morgan fingerprint density at radius 2 is 2.25 bits per heavy atom. The molecule has 1 atom stereocenters. The van der Waals surface area contributed by atoms with Gasteiger partial charge in [-0.05, 0) is 47.5 Å². The van der Waals surface area contributed by atoms with E-state index >= 15 is 0 Å². The van der Waals surface area contributed by atoms with Gasteiger partial charge in [0.1, 0.15) is 11.5 Å². The van der Waals surface area contributed by atoms with Gasteiger partial charge in [-0.3, -0.25) is 4.79 Å². The Labute approximate surface area is 134 Å². The highest BCUT2D eigenvalue weighted by molar-refractivity contribution is 9.10. The number of hydrogen-bond acceptors (Lipinski definition) is 3. The number of amides is 1. The van der Waals surface area contributed by atoms with Crippen LogP contribution in [-0.2, 0) is 10.4 Å². The van der Waals surface area contributed by atoms with E-state index < -0.39 is 5.60 Å². The molecule has 0 bridgehead atoms. The van der Waals surface area contributed by atoms with E-state index in [4.69, 9.17) is 11.6 Å². The zero-order chi connectivity index (χ0) is 14.8. The minimum atomic E-state index is -1.20. The molecule has 0 saturated heterocycles. The van der Waals surface area contributed by atoms with E-state index in [1.807, 2.05) is 16.8 Å². The van der Waals surface area contributed by atoms with Gasteiger partial charge in [0.05, 0.1) is 0 Å². The van der Waals surface area contributed by atoms with Crippen molar-refractivity contribution in [1.82, 2.24) is 0 Å². The number of alkyl halides is 1. The molecule has 1 unspecified atom stereocenters. The van der Waals surface area contributed by atoms with Gasteiger partial charge in [-0.2, -0.15) is 11.3 Å². The predicted molar refractivity (Wildman–Crippen MR) is 86.5 cm³/mol. The number of hydrogen-bond donors (Lipinski definition) is 2. The summed E-state index contributed by atoms with van der Waals surface area (Å²) in [4.78, 5) is 11.5. The quantitative estimate of drug-likeness (QED) is 0.796. The van der Waals surface area contributed by atoms with Crippen LogP contribution in [-0.4, -0.2) is 16.9 Å². The van der Waals surface area contributed by atoms with Crippen molar-refractivity contribution in [3.05, 3.63) is 50.6 Å². The normalized spacial score (nSPS) is 13.8. The first-order valence-corrected chi connectivity index (χ1v) is 8.13. The van der Waals surface area contributed by atoms with E-state index in [0.29, 0.717) is 11.3 Å². The summed E-state index contributed by atoms with van der Waals surface area (Å²) in [5.74, 6) is -0.438. The minimum absolute atomic E-state index is 0.129. The lowest BCUT2D eigenvalue weighted by molar-refractivity contribution is -0.113. The fourth-order valence-electron chi connectivity index (χ4n) is 1.91. The van der Waals surface area contributed by atoms with Crippen LogP contribution in [0.2, 0.25) is 0 Å². The molecule has 20 heavy (non-hydrogen) atoms. The van der Waals surface area contributed by atoms with Crippen molar-refractivity contribution in [3.63, 3.8) is 0 Å². The molecule has 2 aromatic rings. The van der Waals surface area contributed by atoms with Gasteiger partial charge < -0.3 is 10.4 Å². The number of aliphatic hydroxyl groups is 1. The van der Waals surface area contributed by atoms with Crippen molar-refractivity contribution in [2.45, 2.75) is 12.5 Å². The third-order valence-corrected chi connectivity index (χ3v) is 4.40. The molecule has 2 rings (SSSR count). The van der Waals surface area contributed by atoms with Crippen LogP contribution >= 0.6 is 38.9 Å². The maximum Gasteiger partial charge on any atom is 0.239 e. The molecule has 1 heterocycles. The lowest BCUT2D eigenvalue weighted by Gasteiger charge is -2.26. The second kappa shape index (κ2) is 6.26. The van der Waals surface area contributed by atoms with Crippen LogP contribution in [0, 0.1) is 0 Å². The third kappa shape index (κ3) is 3.23. The Morgan fingerprint density at radius 1 is 1.50 bits per heavy atom. The first-order chi connectivity index (χ1) is 9.45. The molecule has 0 aliphatic rings. The molecule has 0 spiro atoms. The van der Waals surface area contributed by atoms with E-state index in [0.717, 1.165) is 10.0 Å². The highest BCUT2D eigenvalue weighted by atomic mass is 79.9. The van der Waals surface area contributed by atoms with Crippen LogP contribution < -0.4 is 5.32 Å². The van der Waals surface area contributed by atoms with Gasteiger partial charge in [-0.25, -0.2) is 0 Å². The van der Waals surface area contributed by atoms with Crippen molar-refractivity contribution in [2.75, 3.05) is 11.2 Å². The van der Waals surface area contributed by atoms with Gasteiger partial charge in [-0.15, -0.1) is 11.6 Å². The highest BCUT2D eigenvalue weighted by Gasteiger charge is 2.29. The lowest BCUT2D eigenvalue weighted by atomic mass is 9.89. The first kappa shape index (κ1) is 15.5. The zero-order valence-electron chi connectivity index (χ0n) is 10.7. The van der Waals surface area contributed by atoms with Gasteiger partial charge in [0.25, 0.3) is 0 Å². The molecular weight excluding hydrogens is 362 g/mol. The van der Waals surface area contributed by atoms with Crippen molar-refractivity contribution >= 4 is 50.5 Å². The largest absolute Gasteiger partial charge is 0.381 e. The first-order valence-electron chi connectivity index (χ1n) is 5.86. The second-order valence-corrected chi connectivity index (χ2v) is 6.42. The van der Waals surface area contributed by atoms with E-state index in [9.17, 15) is 9.90 Å². The Hall–Kier alpha value is -0.880. The van der Waals surface area contributed by atoms with Crippen LogP contribution in [0.3, 0.4) is 0 Å². The second-order valence-electron chi connectivity index (χ2n) is 4.46. The fourth-order valence-corrected chi connectivity index (χ4v) is 3.10. The number of anilines is 1. The van der Waals surface area contributed by atoms with Gasteiger partial charge >= 0.3 is 0 Å². The average Bonchev–Trinajstić information content (AvgIpc) is 2.95. The van der Waals surface area contributed by atoms with Gasteiger partial charge in [0.2, 0.25) is 5.91 Å². The minimum Gasteiger partial charge on any atom is -0.381 e. The number of carbonyl (C=O) groups excluding carboxylic acids is 1. The van der Waals surface area contributed by atoms with Crippen LogP contribution in [0.5, 0.6) is 0 Å². The maximum absolute atomic E-state index is 11.5. The molecule has 1 amide bonds. The van der Waals surface area contributed by atoms with E-state index in [2.05, 4.69) is 21.2 Å². The van der Waals surface area contributed by atoms with Crippen LogP contribution in [0.1, 0.15) is 18.1 Å². The Morgan fingerprint density at radius 3 is 2.85 bits per heavy atom. The van der Waals surface area contributed by atoms with Crippen molar-refractivity contribution in [3.8, 4) is 0 Å². The molecule has 1 aromatic heterocycles. The van der Waals surface area contributed by atoms with Crippen LogP contribution in [0.25, 0.3) is 0 Å². The number of rotatable bonds is 4. The molecule has 0 radical (unpaired) electrons. The molecule has 0 aliphatic carbocycles. The number of carbonyl (C=O) groups is 1. The average molecular weight is 375 g/mol. The summed E-state index contributed by atoms with van der Waals surface area (Å²) in [6.07, 6.45) is 0. The lowest BCUT2D eigenvalue weighted by Crippen LogP contribution is -2.25. The number of nitrogens with one attached hydrogen (secondary N) is 1. The number of halogens is 2. The number of thiophene rings is 1. The third-order valence-electron chi connectivity index (χ3n) is 2.98. The molecule has 2 N–H and O–H groups in total. The molecule has 0 saturated carbocycles. The summed E-state index contributed by atoms with van der Waals surface area (Å²) >= 11 is 10.4. The van der Waals surface area contributed by atoms with Crippen molar-refractivity contribution in [2.24, 2.45) is 0 Å². The van der Waals surface area contributed by atoms with E-state index in [1.165, 1.54) is 11.3 Å². The highest BCUT2D eigenvalue weighted by Crippen LogP contribution is 2.36. The van der Waals surface area contributed by atoms with Gasteiger partial charge in [-0.1, -0.05) is 15.9 Å².